The van der Waals surface area contributed by atoms with E-state index in [4.69, 9.17) is 0 Å². The van der Waals surface area contributed by atoms with Gasteiger partial charge in [-0.2, -0.15) is 0 Å². The number of hydrogen-bond acceptors (Lipinski definition) is 1. The van der Waals surface area contributed by atoms with Gasteiger partial charge in [-0.05, 0) is 19.1 Å². The van der Waals surface area contributed by atoms with Gasteiger partial charge in [0.15, 0.2) is 0 Å². The van der Waals surface area contributed by atoms with E-state index in [0.29, 0.717) is 0 Å². The maximum atomic E-state index is 3.38. The second kappa shape index (κ2) is 2.65. The maximum Gasteiger partial charge on any atom is 0.0377 e. The first-order chi connectivity index (χ1) is 3.83. The summed E-state index contributed by atoms with van der Waals surface area (Å²) in [6, 6.07) is 4.29. The molecule has 0 spiro atoms. The Balaban J connectivity index is 2.84. The maximum absolute atomic E-state index is 3.38. The van der Waals surface area contributed by atoms with Gasteiger partial charge in [-0.3, -0.25) is 0 Å². The van der Waals surface area contributed by atoms with Gasteiger partial charge in [-0.15, -0.1) is 11.3 Å². The van der Waals surface area contributed by atoms with Crippen molar-refractivity contribution in [2.45, 2.75) is 12.3 Å². The molecule has 44 valence electrons. The molecule has 0 aromatic carbocycles. The first kappa shape index (κ1) is 6.30. The zero-order chi connectivity index (χ0) is 5.98. The predicted molar refractivity (Wildman–Crippen MR) is 41.7 cm³/mol. The van der Waals surface area contributed by atoms with Crippen LogP contribution in [-0.4, -0.2) is 0 Å². The highest BCUT2D eigenvalue weighted by Gasteiger charge is 1.90. The Hall–Kier alpha value is 0.180. The van der Waals surface area contributed by atoms with Gasteiger partial charge in [0, 0.05) is 15.1 Å². The van der Waals surface area contributed by atoms with Gasteiger partial charge in [0.25, 0.3) is 0 Å². The molecule has 0 radical (unpaired) electrons. The lowest BCUT2D eigenvalue weighted by Crippen LogP contribution is -1.58. The van der Waals surface area contributed by atoms with Crippen molar-refractivity contribution in [3.63, 3.8) is 0 Å². The van der Waals surface area contributed by atoms with E-state index in [9.17, 15) is 0 Å². The molecule has 1 aromatic rings. The van der Waals surface area contributed by atoms with E-state index in [2.05, 4.69) is 35.0 Å². The molecule has 0 aliphatic heterocycles. The quantitative estimate of drug-likeness (QED) is 0.598. The average Bonchev–Trinajstić information content (AvgIpc) is 2.14. The molecule has 8 heavy (non-hydrogen) atoms. The van der Waals surface area contributed by atoms with E-state index in [1.807, 2.05) is 11.3 Å². The molecule has 0 bridgehead atoms. The molecule has 0 N–H and O–H groups in total. The summed E-state index contributed by atoms with van der Waals surface area (Å²) in [4.78, 5) is 2.79. The number of halogens is 1. The van der Waals surface area contributed by atoms with E-state index in [0.717, 1.165) is 5.33 Å². The highest BCUT2D eigenvalue weighted by molar-refractivity contribution is 9.08. The summed E-state index contributed by atoms with van der Waals surface area (Å²) < 4.78 is 0. The molecule has 1 rings (SSSR count). The van der Waals surface area contributed by atoms with Gasteiger partial charge in [0.05, 0.1) is 0 Å². The Morgan fingerprint density at radius 1 is 1.62 bits per heavy atom. The lowest BCUT2D eigenvalue weighted by molar-refractivity contribution is 1.58. The number of aryl methyl sites for hydroxylation is 1. The van der Waals surface area contributed by atoms with Crippen LogP contribution in [0.2, 0.25) is 0 Å². The minimum Gasteiger partial charge on any atom is -0.145 e. The fourth-order valence-electron chi connectivity index (χ4n) is 0.557. The molecule has 1 aromatic heterocycles. The van der Waals surface area contributed by atoms with Crippen molar-refractivity contribution in [2.75, 3.05) is 0 Å². The summed E-state index contributed by atoms with van der Waals surface area (Å²) in [5.41, 5.74) is 0. The van der Waals surface area contributed by atoms with Gasteiger partial charge in [0.1, 0.15) is 0 Å². The Morgan fingerprint density at radius 3 is 2.62 bits per heavy atom. The van der Waals surface area contributed by atoms with Crippen LogP contribution in [0.1, 0.15) is 9.75 Å². The van der Waals surface area contributed by atoms with Crippen LogP contribution in [-0.2, 0) is 5.33 Å². The van der Waals surface area contributed by atoms with Crippen molar-refractivity contribution in [3.05, 3.63) is 21.9 Å². The monoisotopic (exact) mass is 190 g/mol. The Bertz CT molecular complexity index is 169. The molecule has 0 nitrogen and oxygen atoms in total. The molecular weight excluding hydrogens is 184 g/mol. The van der Waals surface area contributed by atoms with Crippen molar-refractivity contribution < 1.29 is 0 Å². The Labute approximate surface area is 61.7 Å². The van der Waals surface area contributed by atoms with E-state index in [1.54, 1.807) is 0 Å². The summed E-state index contributed by atoms with van der Waals surface area (Å²) in [5, 5.41) is 0.992. The van der Waals surface area contributed by atoms with Crippen LogP contribution in [0.5, 0.6) is 0 Å². The first-order valence-corrected chi connectivity index (χ1v) is 4.38. The van der Waals surface area contributed by atoms with Gasteiger partial charge in [0.2, 0.25) is 0 Å². The number of rotatable bonds is 1. The van der Waals surface area contributed by atoms with Crippen LogP contribution in [0.25, 0.3) is 0 Å². The molecule has 0 saturated heterocycles. The predicted octanol–water partition coefficient (Wildman–Crippen LogP) is 2.95. The van der Waals surface area contributed by atoms with E-state index in [-0.39, 0.29) is 0 Å². The summed E-state index contributed by atoms with van der Waals surface area (Å²) in [6.07, 6.45) is 0. The molecule has 0 amide bonds. The van der Waals surface area contributed by atoms with Crippen LogP contribution in [0, 0.1) is 6.92 Å². The van der Waals surface area contributed by atoms with Crippen molar-refractivity contribution >= 4 is 27.3 Å². The zero-order valence-corrected chi connectivity index (χ0v) is 7.05. The Morgan fingerprint density at radius 2 is 2.38 bits per heavy atom. The van der Waals surface area contributed by atoms with E-state index >= 15 is 0 Å². The highest BCUT2D eigenvalue weighted by Crippen LogP contribution is 2.16. The topological polar surface area (TPSA) is 0 Å². The van der Waals surface area contributed by atoms with Crippen molar-refractivity contribution in [1.82, 2.24) is 0 Å². The van der Waals surface area contributed by atoms with Gasteiger partial charge < -0.3 is 0 Å². The molecule has 0 aliphatic carbocycles. The van der Waals surface area contributed by atoms with Crippen molar-refractivity contribution in [1.29, 1.82) is 0 Å². The SMILES string of the molecule is Cc1ccc(CBr)s1. The molecule has 2 heteroatoms. The fourth-order valence-corrected chi connectivity index (χ4v) is 1.83. The third-order valence-corrected chi connectivity index (χ3v) is 2.90. The van der Waals surface area contributed by atoms with Crippen LogP contribution < -0.4 is 0 Å². The molecule has 0 aliphatic rings. The molecule has 0 atom stereocenters. The lowest BCUT2D eigenvalue weighted by Gasteiger charge is -1.79. The minimum atomic E-state index is 0.992. The van der Waals surface area contributed by atoms with Crippen molar-refractivity contribution in [2.24, 2.45) is 0 Å². The summed E-state index contributed by atoms with van der Waals surface area (Å²) in [7, 11) is 0. The van der Waals surface area contributed by atoms with Crippen molar-refractivity contribution in [3.8, 4) is 0 Å². The normalized spacial score (nSPS) is 9.75. The lowest BCUT2D eigenvalue weighted by atomic mass is 10.5. The van der Waals surface area contributed by atoms with Crippen LogP contribution in [0.15, 0.2) is 12.1 Å². The molecular formula is C6H7BrS. The van der Waals surface area contributed by atoms with E-state index in [1.165, 1.54) is 9.75 Å². The second-order valence-electron chi connectivity index (χ2n) is 1.65. The highest BCUT2D eigenvalue weighted by atomic mass is 79.9. The summed E-state index contributed by atoms with van der Waals surface area (Å²) in [5.74, 6) is 0. The van der Waals surface area contributed by atoms with Crippen LogP contribution in [0.3, 0.4) is 0 Å². The van der Waals surface area contributed by atoms with Gasteiger partial charge in [-0.25, -0.2) is 0 Å². The van der Waals surface area contributed by atoms with Gasteiger partial charge in [-0.1, -0.05) is 15.9 Å². The fraction of sp³-hybridized carbons (Fsp3) is 0.333. The summed E-state index contributed by atoms with van der Waals surface area (Å²) >= 11 is 5.22. The number of hydrogen-bond donors (Lipinski definition) is 0. The van der Waals surface area contributed by atoms with E-state index < -0.39 is 0 Å². The standard InChI is InChI=1S/C6H7BrS/c1-5-2-3-6(4-7)8-5/h2-3H,4H2,1H3. The largest absolute Gasteiger partial charge is 0.145 e. The smallest absolute Gasteiger partial charge is 0.0377 e. The van der Waals surface area contributed by atoms with Crippen LogP contribution >= 0.6 is 27.3 Å². The minimum absolute atomic E-state index is 0.992. The average molecular weight is 191 g/mol. The number of alkyl halides is 1. The number of thiophene rings is 1. The van der Waals surface area contributed by atoms with Crippen LogP contribution in [0.4, 0.5) is 0 Å². The van der Waals surface area contributed by atoms with Gasteiger partial charge >= 0.3 is 0 Å². The second-order valence-corrected chi connectivity index (χ2v) is 3.58. The zero-order valence-electron chi connectivity index (χ0n) is 4.65. The first-order valence-electron chi connectivity index (χ1n) is 2.44. The molecule has 0 unspecified atom stereocenters. The molecule has 1 heterocycles. The Kier molecular flexibility index (Phi) is 2.08. The molecule has 0 saturated carbocycles. The third-order valence-electron chi connectivity index (χ3n) is 0.928. The summed E-state index contributed by atoms with van der Waals surface area (Å²) in [6.45, 7) is 2.12. The molecule has 0 fully saturated rings. The third kappa shape index (κ3) is 1.33.